The number of ether oxygens (including phenoxy) is 2. The second kappa shape index (κ2) is 4.22. The first-order chi connectivity index (χ1) is 7.66. The van der Waals surface area contributed by atoms with Crippen molar-refractivity contribution in [2.45, 2.75) is 6.42 Å². The maximum Gasteiger partial charge on any atom is 0.316 e. The molecule has 3 nitrogen and oxygen atoms in total. The van der Waals surface area contributed by atoms with E-state index in [0.717, 1.165) is 5.56 Å². The molecule has 1 aliphatic heterocycles. The number of esters is 1. The summed E-state index contributed by atoms with van der Waals surface area (Å²) in [4.78, 5) is 11.6. The van der Waals surface area contributed by atoms with Crippen LogP contribution >= 0.6 is 0 Å². The van der Waals surface area contributed by atoms with Gasteiger partial charge in [-0.05, 0) is 24.1 Å². The third-order valence-corrected chi connectivity index (χ3v) is 2.83. The first kappa shape index (κ1) is 11.1. The lowest BCUT2D eigenvalue weighted by Gasteiger charge is -2.38. The Morgan fingerprint density at radius 2 is 2.06 bits per heavy atom. The Morgan fingerprint density at radius 3 is 2.50 bits per heavy atom. The molecular weight excluding hydrogens is 211 g/mol. The predicted octanol–water partition coefficient (Wildman–Crippen LogP) is 1.56. The van der Waals surface area contributed by atoms with Gasteiger partial charge in [0.05, 0.1) is 20.3 Å². The third-order valence-electron chi connectivity index (χ3n) is 2.83. The van der Waals surface area contributed by atoms with E-state index in [1.54, 1.807) is 12.1 Å². The van der Waals surface area contributed by atoms with Gasteiger partial charge < -0.3 is 9.47 Å². The predicted molar refractivity (Wildman–Crippen MR) is 55.4 cm³/mol. The molecule has 16 heavy (non-hydrogen) atoms. The van der Waals surface area contributed by atoms with Crippen molar-refractivity contribution in [2.24, 2.45) is 5.41 Å². The van der Waals surface area contributed by atoms with Crippen molar-refractivity contribution >= 4 is 5.97 Å². The molecule has 0 N–H and O–H groups in total. The van der Waals surface area contributed by atoms with Crippen LogP contribution in [0.5, 0.6) is 0 Å². The minimum atomic E-state index is -0.577. The van der Waals surface area contributed by atoms with Crippen LogP contribution in [0.15, 0.2) is 24.3 Å². The summed E-state index contributed by atoms with van der Waals surface area (Å²) < 4.78 is 22.6. The fraction of sp³-hybridized carbons (Fsp3) is 0.417. The van der Waals surface area contributed by atoms with E-state index < -0.39 is 5.41 Å². The van der Waals surface area contributed by atoms with Crippen LogP contribution in [-0.2, 0) is 20.7 Å². The summed E-state index contributed by atoms with van der Waals surface area (Å²) in [6.07, 6.45) is 0.528. The normalized spacial score (nSPS) is 17.6. The lowest BCUT2D eigenvalue weighted by molar-refractivity contribution is -0.182. The Labute approximate surface area is 93.2 Å². The Balaban J connectivity index is 2.13. The van der Waals surface area contributed by atoms with Crippen molar-refractivity contribution in [3.63, 3.8) is 0 Å². The topological polar surface area (TPSA) is 35.5 Å². The zero-order valence-corrected chi connectivity index (χ0v) is 9.03. The molecule has 0 aliphatic carbocycles. The zero-order chi connectivity index (χ0) is 11.6. The molecule has 0 unspecified atom stereocenters. The molecule has 1 aromatic carbocycles. The summed E-state index contributed by atoms with van der Waals surface area (Å²) in [5.74, 6) is -0.538. The quantitative estimate of drug-likeness (QED) is 0.731. The number of rotatable bonds is 3. The van der Waals surface area contributed by atoms with Crippen LogP contribution < -0.4 is 0 Å². The van der Waals surface area contributed by atoms with Gasteiger partial charge in [0.15, 0.2) is 0 Å². The smallest absolute Gasteiger partial charge is 0.316 e. The standard InChI is InChI=1S/C12H13FO3/c1-15-11(14)12(7-16-8-12)6-9-2-4-10(13)5-3-9/h2-5H,6-8H2,1H3. The van der Waals surface area contributed by atoms with Crippen molar-refractivity contribution in [3.05, 3.63) is 35.6 Å². The second-order valence-electron chi connectivity index (χ2n) is 4.07. The molecule has 0 atom stereocenters. The van der Waals surface area contributed by atoms with Gasteiger partial charge in [0.1, 0.15) is 11.2 Å². The lowest BCUT2D eigenvalue weighted by atomic mass is 9.80. The summed E-state index contributed by atoms with van der Waals surface area (Å²) in [6, 6.07) is 6.14. The van der Waals surface area contributed by atoms with Crippen LogP contribution in [0.25, 0.3) is 0 Å². The molecule has 0 amide bonds. The average Bonchev–Trinajstić information content (AvgIpc) is 2.25. The second-order valence-corrected chi connectivity index (χ2v) is 4.07. The Hall–Kier alpha value is -1.42. The van der Waals surface area contributed by atoms with Crippen molar-refractivity contribution in [3.8, 4) is 0 Å². The van der Waals surface area contributed by atoms with Gasteiger partial charge in [0.2, 0.25) is 0 Å². The van der Waals surface area contributed by atoms with Gasteiger partial charge in [-0.25, -0.2) is 4.39 Å². The number of carbonyl (C=O) groups is 1. The van der Waals surface area contributed by atoms with E-state index in [2.05, 4.69) is 0 Å². The number of hydrogen-bond acceptors (Lipinski definition) is 3. The molecule has 1 aliphatic rings. The molecule has 4 heteroatoms. The molecule has 1 aromatic rings. The highest BCUT2D eigenvalue weighted by Crippen LogP contribution is 2.33. The molecular formula is C12H13FO3. The average molecular weight is 224 g/mol. The monoisotopic (exact) mass is 224 g/mol. The zero-order valence-electron chi connectivity index (χ0n) is 9.03. The summed E-state index contributed by atoms with van der Waals surface area (Å²) in [5, 5.41) is 0. The molecule has 86 valence electrons. The van der Waals surface area contributed by atoms with Crippen LogP contribution in [-0.4, -0.2) is 26.3 Å². The Kier molecular flexibility index (Phi) is 2.92. The largest absolute Gasteiger partial charge is 0.468 e. The minimum Gasteiger partial charge on any atom is -0.468 e. The molecule has 0 aromatic heterocycles. The molecule has 1 fully saturated rings. The summed E-state index contributed by atoms with van der Waals surface area (Å²) in [5.41, 5.74) is 0.335. The number of halogens is 1. The van der Waals surface area contributed by atoms with E-state index in [1.165, 1.54) is 19.2 Å². The highest BCUT2D eigenvalue weighted by atomic mass is 19.1. The van der Waals surface area contributed by atoms with E-state index >= 15 is 0 Å². The molecule has 2 rings (SSSR count). The molecule has 0 spiro atoms. The maximum absolute atomic E-state index is 12.7. The van der Waals surface area contributed by atoms with Gasteiger partial charge in [-0.15, -0.1) is 0 Å². The summed E-state index contributed by atoms with van der Waals surface area (Å²) >= 11 is 0. The highest BCUT2D eigenvalue weighted by Gasteiger charge is 2.47. The van der Waals surface area contributed by atoms with Crippen LogP contribution in [0.2, 0.25) is 0 Å². The van der Waals surface area contributed by atoms with Gasteiger partial charge in [0.25, 0.3) is 0 Å². The Morgan fingerprint density at radius 1 is 1.44 bits per heavy atom. The molecule has 1 heterocycles. The molecule has 0 saturated carbocycles. The fourth-order valence-electron chi connectivity index (χ4n) is 1.85. The van der Waals surface area contributed by atoms with Crippen LogP contribution in [0.1, 0.15) is 5.56 Å². The molecule has 0 bridgehead atoms. The van der Waals surface area contributed by atoms with Crippen molar-refractivity contribution in [1.29, 1.82) is 0 Å². The lowest BCUT2D eigenvalue weighted by Crippen LogP contribution is -2.51. The van der Waals surface area contributed by atoms with E-state index in [0.29, 0.717) is 19.6 Å². The van der Waals surface area contributed by atoms with Crippen molar-refractivity contribution < 1.29 is 18.7 Å². The first-order valence-corrected chi connectivity index (χ1v) is 5.07. The fourth-order valence-corrected chi connectivity index (χ4v) is 1.85. The number of benzene rings is 1. The minimum absolute atomic E-state index is 0.261. The summed E-state index contributed by atoms with van der Waals surface area (Å²) in [7, 11) is 1.37. The van der Waals surface area contributed by atoms with E-state index in [-0.39, 0.29) is 11.8 Å². The van der Waals surface area contributed by atoms with Gasteiger partial charge >= 0.3 is 5.97 Å². The summed E-state index contributed by atoms with van der Waals surface area (Å²) in [6.45, 7) is 0.744. The van der Waals surface area contributed by atoms with Crippen LogP contribution in [0, 0.1) is 11.2 Å². The van der Waals surface area contributed by atoms with E-state index in [9.17, 15) is 9.18 Å². The Bertz CT molecular complexity index is 382. The number of methoxy groups -OCH3 is 1. The van der Waals surface area contributed by atoms with Crippen LogP contribution in [0.3, 0.4) is 0 Å². The van der Waals surface area contributed by atoms with Crippen molar-refractivity contribution in [1.82, 2.24) is 0 Å². The third kappa shape index (κ3) is 1.93. The number of hydrogen-bond donors (Lipinski definition) is 0. The van der Waals surface area contributed by atoms with Gasteiger partial charge in [-0.2, -0.15) is 0 Å². The first-order valence-electron chi connectivity index (χ1n) is 5.07. The van der Waals surface area contributed by atoms with Crippen LogP contribution in [0.4, 0.5) is 4.39 Å². The number of carbonyl (C=O) groups excluding carboxylic acids is 1. The van der Waals surface area contributed by atoms with Gasteiger partial charge in [-0.1, -0.05) is 12.1 Å². The van der Waals surface area contributed by atoms with Gasteiger partial charge in [0, 0.05) is 0 Å². The van der Waals surface area contributed by atoms with E-state index in [1.807, 2.05) is 0 Å². The maximum atomic E-state index is 12.7. The van der Waals surface area contributed by atoms with Crippen molar-refractivity contribution in [2.75, 3.05) is 20.3 Å². The molecule has 0 radical (unpaired) electrons. The molecule has 1 saturated heterocycles. The highest BCUT2D eigenvalue weighted by molar-refractivity contribution is 5.78. The van der Waals surface area contributed by atoms with Gasteiger partial charge in [-0.3, -0.25) is 4.79 Å². The SMILES string of the molecule is COC(=O)C1(Cc2ccc(F)cc2)COC1. The van der Waals surface area contributed by atoms with E-state index in [4.69, 9.17) is 9.47 Å².